The highest BCUT2D eigenvalue weighted by atomic mass is 16.5. The van der Waals surface area contributed by atoms with Gasteiger partial charge in [-0.1, -0.05) is 0 Å². The molecular weight excluding hydrogens is 188 g/mol. The van der Waals surface area contributed by atoms with E-state index in [1.54, 1.807) is 0 Å². The van der Waals surface area contributed by atoms with Gasteiger partial charge in [0.05, 0.1) is 6.10 Å². The van der Waals surface area contributed by atoms with E-state index in [0.717, 1.165) is 32.3 Å². The Hall–Kier alpha value is -0.120. The molecule has 1 aliphatic carbocycles. The number of hydrogen-bond donors (Lipinski definition) is 2. The molecule has 2 fully saturated rings. The first-order valence-electron chi connectivity index (χ1n) is 6.51. The lowest BCUT2D eigenvalue weighted by Gasteiger charge is -2.22. The summed E-state index contributed by atoms with van der Waals surface area (Å²) in [5, 5.41) is 6.97. The summed E-state index contributed by atoms with van der Waals surface area (Å²) in [6, 6.07) is 0.841. The van der Waals surface area contributed by atoms with Gasteiger partial charge in [0.15, 0.2) is 0 Å². The van der Waals surface area contributed by atoms with Crippen LogP contribution in [0.3, 0.4) is 0 Å². The van der Waals surface area contributed by atoms with Gasteiger partial charge in [0.2, 0.25) is 0 Å². The fourth-order valence-corrected chi connectivity index (χ4v) is 2.08. The Morgan fingerprint density at radius 2 is 1.93 bits per heavy atom. The molecule has 0 aromatic heterocycles. The van der Waals surface area contributed by atoms with Crippen molar-refractivity contribution in [3.05, 3.63) is 0 Å². The van der Waals surface area contributed by atoms with E-state index in [9.17, 15) is 0 Å². The molecule has 0 bridgehead atoms. The Morgan fingerprint density at radius 1 is 1.00 bits per heavy atom. The van der Waals surface area contributed by atoms with E-state index in [4.69, 9.17) is 4.74 Å². The SMILES string of the molecule is C1CCC(CCNCCNC2CC2)OC1. The molecule has 1 heterocycles. The molecule has 88 valence electrons. The molecule has 0 amide bonds. The van der Waals surface area contributed by atoms with Crippen LogP contribution in [0, 0.1) is 0 Å². The Labute approximate surface area is 93.0 Å². The van der Waals surface area contributed by atoms with Crippen LogP contribution in [0.2, 0.25) is 0 Å². The van der Waals surface area contributed by atoms with Crippen molar-refractivity contribution in [1.82, 2.24) is 10.6 Å². The Bertz CT molecular complexity index is 165. The second-order valence-corrected chi connectivity index (χ2v) is 4.76. The zero-order valence-corrected chi connectivity index (χ0v) is 9.63. The van der Waals surface area contributed by atoms with Crippen LogP contribution in [-0.4, -0.2) is 38.4 Å². The second-order valence-electron chi connectivity index (χ2n) is 4.76. The summed E-state index contributed by atoms with van der Waals surface area (Å²) in [4.78, 5) is 0. The third kappa shape index (κ3) is 4.96. The first-order chi connectivity index (χ1) is 7.45. The minimum Gasteiger partial charge on any atom is -0.378 e. The first-order valence-corrected chi connectivity index (χ1v) is 6.51. The lowest BCUT2D eigenvalue weighted by atomic mass is 10.1. The van der Waals surface area contributed by atoms with E-state index in [1.165, 1.54) is 38.5 Å². The van der Waals surface area contributed by atoms with Crippen LogP contribution in [-0.2, 0) is 4.74 Å². The van der Waals surface area contributed by atoms with Gasteiger partial charge in [-0.25, -0.2) is 0 Å². The summed E-state index contributed by atoms with van der Waals surface area (Å²) in [7, 11) is 0. The third-order valence-corrected chi connectivity index (χ3v) is 3.23. The van der Waals surface area contributed by atoms with Crippen LogP contribution in [0.4, 0.5) is 0 Å². The average Bonchev–Trinajstić information content (AvgIpc) is 3.09. The predicted molar refractivity (Wildman–Crippen MR) is 62.1 cm³/mol. The maximum atomic E-state index is 5.68. The van der Waals surface area contributed by atoms with Crippen molar-refractivity contribution < 1.29 is 4.74 Å². The minimum atomic E-state index is 0.530. The van der Waals surface area contributed by atoms with E-state index in [1.807, 2.05) is 0 Å². The van der Waals surface area contributed by atoms with Crippen molar-refractivity contribution in [3.8, 4) is 0 Å². The minimum absolute atomic E-state index is 0.530. The topological polar surface area (TPSA) is 33.3 Å². The molecule has 0 radical (unpaired) electrons. The highest BCUT2D eigenvalue weighted by Crippen LogP contribution is 2.17. The largest absolute Gasteiger partial charge is 0.378 e. The first kappa shape index (κ1) is 11.4. The second kappa shape index (κ2) is 6.46. The van der Waals surface area contributed by atoms with Crippen molar-refractivity contribution in [2.75, 3.05) is 26.2 Å². The summed E-state index contributed by atoms with van der Waals surface area (Å²) >= 11 is 0. The van der Waals surface area contributed by atoms with Gasteiger partial charge < -0.3 is 15.4 Å². The maximum absolute atomic E-state index is 5.68. The Kier molecular flexibility index (Phi) is 4.90. The zero-order valence-electron chi connectivity index (χ0n) is 9.63. The van der Waals surface area contributed by atoms with Gasteiger partial charge in [0.1, 0.15) is 0 Å². The van der Waals surface area contributed by atoms with Crippen molar-refractivity contribution in [3.63, 3.8) is 0 Å². The van der Waals surface area contributed by atoms with Gasteiger partial charge in [0.25, 0.3) is 0 Å². The van der Waals surface area contributed by atoms with Gasteiger partial charge in [-0.2, -0.15) is 0 Å². The molecular formula is C12H24N2O. The Morgan fingerprint density at radius 3 is 2.67 bits per heavy atom. The molecule has 1 saturated heterocycles. The van der Waals surface area contributed by atoms with E-state index < -0.39 is 0 Å². The molecule has 3 heteroatoms. The number of rotatable bonds is 7. The maximum Gasteiger partial charge on any atom is 0.0587 e. The van der Waals surface area contributed by atoms with Gasteiger partial charge >= 0.3 is 0 Å². The fraction of sp³-hybridized carbons (Fsp3) is 1.00. The van der Waals surface area contributed by atoms with Crippen molar-refractivity contribution in [2.24, 2.45) is 0 Å². The van der Waals surface area contributed by atoms with Gasteiger partial charge in [-0.3, -0.25) is 0 Å². The van der Waals surface area contributed by atoms with Crippen LogP contribution < -0.4 is 10.6 Å². The zero-order chi connectivity index (χ0) is 10.3. The molecule has 15 heavy (non-hydrogen) atoms. The van der Waals surface area contributed by atoms with Crippen LogP contribution in [0.5, 0.6) is 0 Å². The monoisotopic (exact) mass is 212 g/mol. The fourth-order valence-electron chi connectivity index (χ4n) is 2.08. The molecule has 1 saturated carbocycles. The summed E-state index contributed by atoms with van der Waals surface area (Å²) in [5.41, 5.74) is 0. The summed E-state index contributed by atoms with van der Waals surface area (Å²) in [6.07, 6.45) is 8.36. The molecule has 2 N–H and O–H groups in total. The average molecular weight is 212 g/mol. The van der Waals surface area contributed by atoms with E-state index in [0.29, 0.717) is 6.10 Å². The highest BCUT2D eigenvalue weighted by Gasteiger charge is 2.19. The predicted octanol–water partition coefficient (Wildman–Crippen LogP) is 1.29. The molecule has 2 rings (SSSR count). The van der Waals surface area contributed by atoms with Crippen LogP contribution in [0.15, 0.2) is 0 Å². The molecule has 1 atom stereocenters. The van der Waals surface area contributed by atoms with Gasteiger partial charge in [-0.15, -0.1) is 0 Å². The number of ether oxygens (including phenoxy) is 1. The van der Waals surface area contributed by atoms with Crippen molar-refractivity contribution in [2.45, 2.75) is 50.7 Å². The smallest absolute Gasteiger partial charge is 0.0587 e. The molecule has 2 aliphatic rings. The summed E-state index contributed by atoms with van der Waals surface area (Å²) < 4.78 is 5.68. The van der Waals surface area contributed by atoms with Gasteiger partial charge in [0, 0.05) is 25.7 Å². The van der Waals surface area contributed by atoms with Crippen LogP contribution in [0.25, 0.3) is 0 Å². The van der Waals surface area contributed by atoms with Gasteiger partial charge in [-0.05, 0) is 45.1 Å². The summed E-state index contributed by atoms with van der Waals surface area (Å²) in [5.74, 6) is 0. The number of nitrogens with one attached hydrogen (secondary N) is 2. The molecule has 0 spiro atoms. The lowest BCUT2D eigenvalue weighted by Crippen LogP contribution is -2.31. The molecule has 1 unspecified atom stereocenters. The normalized spacial score (nSPS) is 26.8. The molecule has 1 aliphatic heterocycles. The van der Waals surface area contributed by atoms with E-state index in [2.05, 4.69) is 10.6 Å². The summed E-state index contributed by atoms with van der Waals surface area (Å²) in [6.45, 7) is 4.31. The quantitative estimate of drug-likeness (QED) is 0.624. The third-order valence-electron chi connectivity index (χ3n) is 3.23. The molecule has 0 aromatic carbocycles. The Balaban J connectivity index is 1.37. The van der Waals surface area contributed by atoms with Crippen LogP contribution in [0.1, 0.15) is 38.5 Å². The van der Waals surface area contributed by atoms with E-state index in [-0.39, 0.29) is 0 Å². The lowest BCUT2D eigenvalue weighted by molar-refractivity contribution is 0.0116. The highest BCUT2D eigenvalue weighted by molar-refractivity contribution is 4.80. The standard InChI is InChI=1S/C12H24N2O/c1-2-10-15-12(3-1)6-7-13-8-9-14-11-4-5-11/h11-14H,1-10H2. The van der Waals surface area contributed by atoms with Crippen molar-refractivity contribution in [1.29, 1.82) is 0 Å². The van der Waals surface area contributed by atoms with Crippen LogP contribution >= 0.6 is 0 Å². The van der Waals surface area contributed by atoms with E-state index >= 15 is 0 Å². The molecule has 0 aromatic rings. The number of hydrogen-bond acceptors (Lipinski definition) is 3. The molecule has 3 nitrogen and oxygen atoms in total. The van der Waals surface area contributed by atoms with Crippen molar-refractivity contribution >= 4 is 0 Å².